The largest absolute Gasteiger partial charge is 0.355 e. The van der Waals surface area contributed by atoms with Gasteiger partial charge in [-0.15, -0.1) is 0 Å². The summed E-state index contributed by atoms with van der Waals surface area (Å²) in [4.78, 5) is 33.1. The monoisotopic (exact) mass is 488 g/mol. The lowest BCUT2D eigenvalue weighted by atomic mass is 9.95. The molecule has 3 fully saturated rings. The highest BCUT2D eigenvalue weighted by Crippen LogP contribution is 2.31. The number of nitrogens with one attached hydrogen (secondary N) is 1. The Labute approximate surface area is 210 Å². The summed E-state index contributed by atoms with van der Waals surface area (Å²) in [5.74, 6) is 0.668. The fraction of sp³-hybridized carbons (Fsp3) is 0.704. The molecule has 7 heteroatoms. The van der Waals surface area contributed by atoms with Crippen LogP contribution in [0.3, 0.4) is 0 Å². The Balaban J connectivity index is 1.28. The normalized spacial score (nSPS) is 23.7. The smallest absolute Gasteiger partial charge is 0.253 e. The predicted octanol–water partition coefficient (Wildman–Crippen LogP) is 4.04. The van der Waals surface area contributed by atoms with Gasteiger partial charge in [0, 0.05) is 55.9 Å². The van der Waals surface area contributed by atoms with Crippen molar-refractivity contribution in [3.63, 3.8) is 0 Å². The summed E-state index contributed by atoms with van der Waals surface area (Å²) >= 11 is 5.97. The third kappa shape index (κ3) is 6.52. The third-order valence-electron chi connectivity index (χ3n) is 8.06. The van der Waals surface area contributed by atoms with Crippen LogP contribution in [-0.4, -0.2) is 84.4 Å². The number of nitrogens with zero attached hydrogens (tertiary/aromatic N) is 3. The van der Waals surface area contributed by atoms with Gasteiger partial charge >= 0.3 is 0 Å². The van der Waals surface area contributed by atoms with E-state index in [1.807, 2.05) is 4.90 Å². The summed E-state index contributed by atoms with van der Waals surface area (Å²) in [5.41, 5.74) is 0.672. The number of hydrogen-bond donors (Lipinski definition) is 1. The van der Waals surface area contributed by atoms with Crippen LogP contribution in [0.2, 0.25) is 5.02 Å². The van der Waals surface area contributed by atoms with E-state index < -0.39 is 0 Å². The lowest BCUT2D eigenvalue weighted by Crippen LogP contribution is -2.58. The zero-order chi connectivity index (χ0) is 23.9. The lowest BCUT2D eigenvalue weighted by Gasteiger charge is -2.41. The fourth-order valence-corrected chi connectivity index (χ4v) is 6.14. The van der Waals surface area contributed by atoms with Crippen molar-refractivity contribution in [2.75, 3.05) is 45.8 Å². The SMILES string of the molecule is C[C@H]1CCCCN1CCCNC(=O)[C@H](C1CCCC1)N1CCN(C(=O)c2ccc(Cl)cc2)CC1. The van der Waals surface area contributed by atoms with Crippen LogP contribution < -0.4 is 5.32 Å². The zero-order valence-electron chi connectivity index (χ0n) is 20.7. The van der Waals surface area contributed by atoms with Crippen molar-refractivity contribution in [3.8, 4) is 0 Å². The minimum atomic E-state index is -0.0656. The highest BCUT2D eigenvalue weighted by Gasteiger charge is 2.37. The molecule has 0 spiro atoms. The number of carbonyl (C=O) groups excluding carboxylic acids is 2. The molecule has 2 amide bonds. The highest BCUT2D eigenvalue weighted by atomic mass is 35.5. The second-order valence-electron chi connectivity index (χ2n) is 10.3. The van der Waals surface area contributed by atoms with Crippen LogP contribution in [0, 0.1) is 5.92 Å². The number of piperazine rings is 1. The van der Waals surface area contributed by atoms with Gasteiger partial charge < -0.3 is 15.1 Å². The van der Waals surface area contributed by atoms with E-state index in [9.17, 15) is 9.59 Å². The Hall–Kier alpha value is -1.63. The van der Waals surface area contributed by atoms with Crippen LogP contribution in [0.5, 0.6) is 0 Å². The number of halogens is 1. The van der Waals surface area contributed by atoms with Gasteiger partial charge in [0.15, 0.2) is 0 Å². The summed E-state index contributed by atoms with van der Waals surface area (Å²) in [6, 6.07) is 7.70. The summed E-state index contributed by atoms with van der Waals surface area (Å²) in [6.45, 7) is 8.15. The maximum atomic E-state index is 13.4. The van der Waals surface area contributed by atoms with Gasteiger partial charge in [-0.2, -0.15) is 0 Å². The van der Waals surface area contributed by atoms with Crippen molar-refractivity contribution in [1.29, 1.82) is 0 Å². The van der Waals surface area contributed by atoms with Crippen molar-refractivity contribution in [2.45, 2.75) is 70.4 Å². The highest BCUT2D eigenvalue weighted by molar-refractivity contribution is 6.30. The molecule has 2 atom stereocenters. The van der Waals surface area contributed by atoms with Gasteiger partial charge in [0.05, 0.1) is 6.04 Å². The number of hydrogen-bond acceptors (Lipinski definition) is 4. The number of amides is 2. The quantitative estimate of drug-likeness (QED) is 0.561. The Morgan fingerprint density at radius 2 is 1.65 bits per heavy atom. The van der Waals surface area contributed by atoms with Crippen LogP contribution in [0.25, 0.3) is 0 Å². The van der Waals surface area contributed by atoms with E-state index in [0.29, 0.717) is 35.6 Å². The molecule has 188 valence electrons. The van der Waals surface area contributed by atoms with E-state index in [4.69, 9.17) is 11.6 Å². The minimum absolute atomic E-state index is 0.0464. The van der Waals surface area contributed by atoms with Crippen molar-refractivity contribution in [3.05, 3.63) is 34.9 Å². The van der Waals surface area contributed by atoms with E-state index in [0.717, 1.165) is 45.4 Å². The van der Waals surface area contributed by atoms with E-state index >= 15 is 0 Å². The molecule has 2 aliphatic heterocycles. The van der Waals surface area contributed by atoms with Gasteiger partial charge in [-0.05, 0) is 75.8 Å². The standard InChI is InChI=1S/C27H41ClN4O2/c1-21-7-4-5-15-30(21)16-6-14-29-26(33)25(22-8-2-3-9-22)31-17-19-32(20-18-31)27(34)23-10-12-24(28)13-11-23/h10-13,21-22,25H,2-9,14-20H2,1H3,(H,29,33)/t21-,25-/m0/s1. The molecule has 34 heavy (non-hydrogen) atoms. The molecule has 1 aliphatic carbocycles. The van der Waals surface area contributed by atoms with Crippen LogP contribution in [0.1, 0.15) is 68.6 Å². The minimum Gasteiger partial charge on any atom is -0.355 e. The molecule has 0 radical (unpaired) electrons. The van der Waals surface area contributed by atoms with E-state index in [1.165, 1.54) is 38.6 Å². The van der Waals surface area contributed by atoms with E-state index in [-0.39, 0.29) is 17.9 Å². The Kier molecular flexibility index (Phi) is 9.26. The van der Waals surface area contributed by atoms with Crippen molar-refractivity contribution >= 4 is 23.4 Å². The molecule has 3 aliphatic rings. The number of likely N-dealkylation sites (tertiary alicyclic amines) is 1. The van der Waals surface area contributed by atoms with Gasteiger partial charge in [-0.25, -0.2) is 0 Å². The van der Waals surface area contributed by atoms with Crippen LogP contribution in [-0.2, 0) is 4.79 Å². The number of piperidine rings is 1. The Morgan fingerprint density at radius 3 is 2.32 bits per heavy atom. The molecule has 0 aromatic heterocycles. The molecular formula is C27H41ClN4O2. The first kappa shape index (κ1) is 25.5. The Bertz CT molecular complexity index is 803. The maximum absolute atomic E-state index is 13.4. The summed E-state index contributed by atoms with van der Waals surface area (Å²) in [5, 5.41) is 3.91. The lowest BCUT2D eigenvalue weighted by molar-refractivity contribution is -0.129. The first-order valence-electron chi connectivity index (χ1n) is 13.3. The maximum Gasteiger partial charge on any atom is 0.253 e. The van der Waals surface area contributed by atoms with Crippen molar-refractivity contribution in [1.82, 2.24) is 20.0 Å². The summed E-state index contributed by atoms with van der Waals surface area (Å²) < 4.78 is 0. The first-order valence-corrected chi connectivity index (χ1v) is 13.7. The molecule has 1 N–H and O–H groups in total. The molecule has 6 nitrogen and oxygen atoms in total. The van der Waals surface area contributed by atoms with Crippen LogP contribution >= 0.6 is 11.6 Å². The molecule has 4 rings (SSSR count). The van der Waals surface area contributed by atoms with E-state index in [1.54, 1.807) is 24.3 Å². The summed E-state index contributed by atoms with van der Waals surface area (Å²) in [6.07, 6.45) is 9.65. The average Bonchev–Trinajstić information content (AvgIpc) is 3.38. The molecule has 0 unspecified atom stereocenters. The molecule has 1 saturated carbocycles. The van der Waals surface area contributed by atoms with Gasteiger partial charge in [-0.3, -0.25) is 14.5 Å². The van der Waals surface area contributed by atoms with Crippen LogP contribution in [0.4, 0.5) is 0 Å². The number of rotatable bonds is 8. The molecule has 2 saturated heterocycles. The first-order chi connectivity index (χ1) is 16.5. The number of carbonyl (C=O) groups is 2. The molecular weight excluding hydrogens is 448 g/mol. The van der Waals surface area contributed by atoms with Gasteiger partial charge in [0.25, 0.3) is 5.91 Å². The molecule has 2 heterocycles. The second-order valence-corrected chi connectivity index (χ2v) is 10.8. The van der Waals surface area contributed by atoms with Gasteiger partial charge in [-0.1, -0.05) is 30.9 Å². The van der Waals surface area contributed by atoms with Crippen LogP contribution in [0.15, 0.2) is 24.3 Å². The summed E-state index contributed by atoms with van der Waals surface area (Å²) in [7, 11) is 0. The fourth-order valence-electron chi connectivity index (χ4n) is 6.02. The predicted molar refractivity (Wildman–Crippen MR) is 137 cm³/mol. The second kappa shape index (κ2) is 12.4. The molecule has 0 bridgehead atoms. The van der Waals surface area contributed by atoms with Crippen molar-refractivity contribution < 1.29 is 9.59 Å². The zero-order valence-corrected chi connectivity index (χ0v) is 21.4. The Morgan fingerprint density at radius 1 is 0.971 bits per heavy atom. The molecule has 1 aromatic carbocycles. The molecule has 1 aromatic rings. The van der Waals surface area contributed by atoms with Gasteiger partial charge in [0.2, 0.25) is 5.91 Å². The average molecular weight is 489 g/mol. The van der Waals surface area contributed by atoms with Crippen molar-refractivity contribution in [2.24, 2.45) is 5.92 Å². The van der Waals surface area contributed by atoms with E-state index in [2.05, 4.69) is 22.0 Å². The number of benzene rings is 1. The van der Waals surface area contributed by atoms with Gasteiger partial charge in [0.1, 0.15) is 0 Å². The third-order valence-corrected chi connectivity index (χ3v) is 8.31. The topological polar surface area (TPSA) is 55.9 Å².